The topological polar surface area (TPSA) is 48.0 Å². The average Bonchev–Trinajstić information content (AvgIpc) is 3.10. The smallest absolute Gasteiger partial charge is 0.338 e. The van der Waals surface area contributed by atoms with E-state index in [1.54, 1.807) is 0 Å². The molecule has 0 saturated carbocycles. The van der Waals surface area contributed by atoms with Crippen LogP contribution in [0.15, 0.2) is 24.3 Å². The van der Waals surface area contributed by atoms with Gasteiger partial charge in [0.2, 0.25) is 0 Å². The normalized spacial score (nSPS) is 19.3. The number of nitrogens with zero attached hydrogens (tertiary/aromatic N) is 1. The van der Waals surface area contributed by atoms with Gasteiger partial charge in [0.15, 0.2) is 5.79 Å². The zero-order valence-corrected chi connectivity index (χ0v) is 15.2. The first-order valence-electron chi connectivity index (χ1n) is 9.52. The number of hydrogen-bond donors (Lipinski definition) is 0. The molecule has 0 aromatic heterocycles. The minimum absolute atomic E-state index is 0.228. The molecule has 1 spiro atoms. The van der Waals surface area contributed by atoms with E-state index >= 15 is 0 Å². The van der Waals surface area contributed by atoms with Gasteiger partial charge in [0.1, 0.15) is 0 Å². The van der Waals surface area contributed by atoms with Crippen molar-refractivity contribution in [2.75, 3.05) is 37.8 Å². The van der Waals surface area contributed by atoms with Gasteiger partial charge in [0.05, 0.1) is 25.4 Å². The minimum Gasteiger partial charge on any atom is -0.462 e. The van der Waals surface area contributed by atoms with Crippen molar-refractivity contribution in [3.05, 3.63) is 29.8 Å². The number of anilines is 1. The van der Waals surface area contributed by atoms with E-state index in [9.17, 15) is 4.79 Å². The summed E-state index contributed by atoms with van der Waals surface area (Å²) in [7, 11) is 0. The molecule has 2 aliphatic rings. The van der Waals surface area contributed by atoms with Crippen LogP contribution in [0.3, 0.4) is 0 Å². The maximum atomic E-state index is 12.1. The molecule has 0 aliphatic carbocycles. The van der Waals surface area contributed by atoms with Gasteiger partial charge in [0, 0.05) is 31.6 Å². The monoisotopic (exact) mass is 347 g/mol. The van der Waals surface area contributed by atoms with E-state index in [-0.39, 0.29) is 11.8 Å². The zero-order chi connectivity index (χ0) is 17.5. The Morgan fingerprint density at radius 3 is 2.40 bits per heavy atom. The molecule has 3 rings (SSSR count). The second kappa shape index (κ2) is 8.68. The first-order chi connectivity index (χ1) is 12.2. The van der Waals surface area contributed by atoms with Gasteiger partial charge in [-0.2, -0.15) is 0 Å². The first-order valence-corrected chi connectivity index (χ1v) is 9.52. The predicted molar refractivity (Wildman–Crippen MR) is 96.9 cm³/mol. The summed E-state index contributed by atoms with van der Waals surface area (Å²) < 4.78 is 16.9. The second-order valence-electron chi connectivity index (χ2n) is 6.84. The molecule has 5 nitrogen and oxygen atoms in total. The molecular formula is C20H29NO4. The number of esters is 1. The molecule has 0 N–H and O–H groups in total. The molecule has 0 bridgehead atoms. The number of piperidine rings is 1. The molecule has 1 aromatic rings. The lowest BCUT2D eigenvalue weighted by atomic mass is 10.0. The van der Waals surface area contributed by atoms with Crippen molar-refractivity contribution in [2.45, 2.75) is 51.2 Å². The summed E-state index contributed by atoms with van der Waals surface area (Å²) in [6.45, 7) is 5.89. The summed E-state index contributed by atoms with van der Waals surface area (Å²) in [5, 5.41) is 0. The van der Waals surface area contributed by atoms with Crippen LogP contribution in [0.2, 0.25) is 0 Å². The van der Waals surface area contributed by atoms with Crippen LogP contribution in [-0.2, 0) is 14.2 Å². The van der Waals surface area contributed by atoms with Crippen LogP contribution >= 0.6 is 0 Å². The van der Waals surface area contributed by atoms with Gasteiger partial charge < -0.3 is 19.1 Å². The fourth-order valence-electron chi connectivity index (χ4n) is 3.48. The Balaban J connectivity index is 1.46. The van der Waals surface area contributed by atoms with E-state index in [1.807, 2.05) is 24.3 Å². The number of carbonyl (C=O) groups is 1. The molecule has 138 valence electrons. The van der Waals surface area contributed by atoms with E-state index in [0.717, 1.165) is 44.5 Å². The molecule has 0 amide bonds. The van der Waals surface area contributed by atoms with Crippen molar-refractivity contribution in [3.8, 4) is 0 Å². The van der Waals surface area contributed by atoms with E-state index in [1.165, 1.54) is 12.8 Å². The van der Waals surface area contributed by atoms with Crippen molar-refractivity contribution in [1.29, 1.82) is 0 Å². The highest BCUT2D eigenvalue weighted by molar-refractivity contribution is 5.89. The Morgan fingerprint density at radius 2 is 1.76 bits per heavy atom. The molecular weight excluding hydrogens is 318 g/mol. The summed E-state index contributed by atoms with van der Waals surface area (Å²) in [5.41, 5.74) is 1.75. The number of hydrogen-bond acceptors (Lipinski definition) is 5. The molecule has 0 radical (unpaired) electrons. The van der Waals surface area contributed by atoms with Gasteiger partial charge in [0.25, 0.3) is 0 Å². The summed E-state index contributed by atoms with van der Waals surface area (Å²) in [6, 6.07) is 7.72. The third kappa shape index (κ3) is 4.73. The number of unbranched alkanes of at least 4 members (excludes halogenated alkanes) is 3. The molecule has 2 aliphatic heterocycles. The predicted octanol–water partition coefficient (Wildman–Crippen LogP) is 3.77. The molecule has 0 unspecified atom stereocenters. The highest BCUT2D eigenvalue weighted by Gasteiger charge is 2.39. The summed E-state index contributed by atoms with van der Waals surface area (Å²) >= 11 is 0. The molecule has 25 heavy (non-hydrogen) atoms. The molecule has 1 aromatic carbocycles. The van der Waals surface area contributed by atoms with Crippen LogP contribution in [0, 0.1) is 0 Å². The maximum absolute atomic E-state index is 12.1. The van der Waals surface area contributed by atoms with Crippen LogP contribution in [0.1, 0.15) is 55.8 Å². The van der Waals surface area contributed by atoms with Gasteiger partial charge >= 0.3 is 5.97 Å². The van der Waals surface area contributed by atoms with E-state index in [2.05, 4.69) is 11.8 Å². The van der Waals surface area contributed by atoms with Gasteiger partial charge in [-0.25, -0.2) is 4.79 Å². The first kappa shape index (κ1) is 18.2. The minimum atomic E-state index is -0.349. The summed E-state index contributed by atoms with van der Waals surface area (Å²) in [5.74, 6) is -0.578. The molecule has 5 heteroatoms. The third-order valence-electron chi connectivity index (χ3n) is 5.04. The van der Waals surface area contributed by atoms with Crippen molar-refractivity contribution < 1.29 is 19.0 Å². The maximum Gasteiger partial charge on any atom is 0.338 e. The van der Waals surface area contributed by atoms with E-state index in [4.69, 9.17) is 14.2 Å². The van der Waals surface area contributed by atoms with Gasteiger partial charge in [-0.05, 0) is 30.7 Å². The highest BCUT2D eigenvalue weighted by Crippen LogP contribution is 2.33. The van der Waals surface area contributed by atoms with E-state index in [0.29, 0.717) is 25.4 Å². The van der Waals surface area contributed by atoms with Gasteiger partial charge in [-0.15, -0.1) is 0 Å². The van der Waals surface area contributed by atoms with Crippen LogP contribution in [0.5, 0.6) is 0 Å². The lowest BCUT2D eigenvalue weighted by molar-refractivity contribution is -0.169. The molecule has 2 saturated heterocycles. The SMILES string of the molecule is CCCCCCOC(=O)c1ccc(N2CCC3(CC2)OCCO3)cc1. The number of rotatable bonds is 7. The Labute approximate surface area is 150 Å². The van der Waals surface area contributed by atoms with E-state index < -0.39 is 0 Å². The number of carbonyl (C=O) groups excluding carboxylic acids is 1. The van der Waals surface area contributed by atoms with Crippen LogP contribution in [0.25, 0.3) is 0 Å². The van der Waals surface area contributed by atoms with Crippen LogP contribution in [0.4, 0.5) is 5.69 Å². The number of ether oxygens (including phenoxy) is 3. The largest absolute Gasteiger partial charge is 0.462 e. The molecule has 2 heterocycles. The lowest BCUT2D eigenvalue weighted by Gasteiger charge is -2.38. The van der Waals surface area contributed by atoms with Crippen LogP contribution in [-0.4, -0.2) is 44.7 Å². The average molecular weight is 347 g/mol. The summed E-state index contributed by atoms with van der Waals surface area (Å²) in [4.78, 5) is 14.4. The number of benzene rings is 1. The Hall–Kier alpha value is -1.59. The van der Waals surface area contributed by atoms with Crippen LogP contribution < -0.4 is 4.90 Å². The fraction of sp³-hybridized carbons (Fsp3) is 0.650. The van der Waals surface area contributed by atoms with Crippen molar-refractivity contribution in [1.82, 2.24) is 0 Å². The lowest BCUT2D eigenvalue weighted by Crippen LogP contribution is -2.45. The van der Waals surface area contributed by atoms with Crippen molar-refractivity contribution in [2.24, 2.45) is 0 Å². The molecule has 0 atom stereocenters. The van der Waals surface area contributed by atoms with Gasteiger partial charge in [-0.1, -0.05) is 26.2 Å². The van der Waals surface area contributed by atoms with Gasteiger partial charge in [-0.3, -0.25) is 0 Å². The Kier molecular flexibility index (Phi) is 6.32. The second-order valence-corrected chi connectivity index (χ2v) is 6.84. The molecule has 2 fully saturated rings. The third-order valence-corrected chi connectivity index (χ3v) is 5.04. The highest BCUT2D eigenvalue weighted by atomic mass is 16.7. The van der Waals surface area contributed by atoms with Crippen molar-refractivity contribution >= 4 is 11.7 Å². The fourth-order valence-corrected chi connectivity index (χ4v) is 3.48. The zero-order valence-electron chi connectivity index (χ0n) is 15.2. The summed E-state index contributed by atoms with van der Waals surface area (Å²) in [6.07, 6.45) is 6.21. The Bertz CT molecular complexity index is 541. The standard InChI is InChI=1S/C20H29NO4/c1-2-3-4-5-14-23-19(22)17-6-8-18(9-7-17)21-12-10-20(11-13-21)24-15-16-25-20/h6-9H,2-5,10-16H2,1H3. The quantitative estimate of drug-likeness (QED) is 0.555. The van der Waals surface area contributed by atoms with Crippen molar-refractivity contribution in [3.63, 3.8) is 0 Å². The Morgan fingerprint density at radius 1 is 1.08 bits per heavy atom.